The van der Waals surface area contributed by atoms with E-state index in [2.05, 4.69) is 25.2 Å². The number of nitrogens with zero attached hydrogens (tertiary/aromatic N) is 1. The van der Waals surface area contributed by atoms with Crippen LogP contribution in [0.2, 0.25) is 0 Å². The number of dihydropyridines is 1. The van der Waals surface area contributed by atoms with Gasteiger partial charge in [0.2, 0.25) is 0 Å². The van der Waals surface area contributed by atoms with Crippen LogP contribution in [-0.4, -0.2) is 24.9 Å². The van der Waals surface area contributed by atoms with Crippen molar-refractivity contribution in [1.29, 1.82) is 0 Å². The summed E-state index contributed by atoms with van der Waals surface area (Å²) in [7, 11) is 3.27. The highest BCUT2D eigenvalue weighted by molar-refractivity contribution is 6.15. The molecule has 0 bridgehead atoms. The molecule has 0 amide bonds. The molecule has 1 aliphatic carbocycles. The predicted octanol–water partition coefficient (Wildman–Crippen LogP) is 6.68. The number of ketones is 1. The number of rotatable bonds is 6. The van der Waals surface area contributed by atoms with Gasteiger partial charge in [0.1, 0.15) is 11.5 Å². The Bertz CT molecular complexity index is 1510. The van der Waals surface area contributed by atoms with Gasteiger partial charge >= 0.3 is 0 Å². The highest BCUT2D eigenvalue weighted by Crippen LogP contribution is 2.48. The molecule has 198 valence electrons. The lowest BCUT2D eigenvalue weighted by molar-refractivity contribution is -0.384. The fraction of sp³-hybridized carbons (Fsp3) is 0.219. The van der Waals surface area contributed by atoms with Crippen molar-refractivity contribution < 1.29 is 19.2 Å². The van der Waals surface area contributed by atoms with Crippen LogP contribution in [0.5, 0.6) is 11.5 Å². The monoisotopic (exact) mass is 522 g/mol. The molecule has 2 aliphatic rings. The second-order valence-corrected chi connectivity index (χ2v) is 10.4. The van der Waals surface area contributed by atoms with E-state index in [0.717, 1.165) is 39.6 Å². The Hall–Kier alpha value is -4.65. The number of allylic oxidation sites excluding steroid dienone is 4. The first-order chi connectivity index (χ1) is 18.7. The molecule has 5 rings (SSSR count). The van der Waals surface area contributed by atoms with Crippen LogP contribution < -0.4 is 14.8 Å². The number of methoxy groups -OCH3 is 2. The van der Waals surface area contributed by atoms with Gasteiger partial charge in [-0.1, -0.05) is 26.0 Å². The molecular formula is C32H30N2O5. The number of carbonyl (C=O) groups excluding carboxylic acids is 1. The average molecular weight is 523 g/mol. The summed E-state index contributed by atoms with van der Waals surface area (Å²) < 4.78 is 10.7. The van der Waals surface area contributed by atoms with E-state index < -0.39 is 10.3 Å². The summed E-state index contributed by atoms with van der Waals surface area (Å²) in [5.74, 6) is 1.22. The highest BCUT2D eigenvalue weighted by Gasteiger charge is 2.42. The Balaban J connectivity index is 1.59. The van der Waals surface area contributed by atoms with E-state index in [1.54, 1.807) is 26.4 Å². The summed E-state index contributed by atoms with van der Waals surface area (Å²) in [6.45, 7) is 4.11. The van der Waals surface area contributed by atoms with Crippen molar-refractivity contribution in [3.63, 3.8) is 0 Å². The van der Waals surface area contributed by atoms with Gasteiger partial charge in [0.25, 0.3) is 5.69 Å². The first-order valence-corrected chi connectivity index (χ1v) is 12.7. The number of ether oxygens (including phenoxy) is 2. The number of benzene rings is 3. The first kappa shape index (κ1) is 26.0. The van der Waals surface area contributed by atoms with Crippen molar-refractivity contribution in [2.24, 2.45) is 5.41 Å². The standard InChI is InChI=1S/C32H30N2O5/c1-32(2)19-29-30(31(35)27(32)17-20-5-11-23(12-6-20)34(36)37)26(21-7-13-24(38-3)14-8-21)18-28(33-29)22-9-15-25(39-4)16-10-22/h5-18,26,33H,19H2,1-4H3/b27-17+. The van der Waals surface area contributed by atoms with Crippen LogP contribution in [-0.2, 0) is 4.79 Å². The van der Waals surface area contributed by atoms with Crippen LogP contribution in [0.1, 0.15) is 42.9 Å². The molecule has 0 saturated heterocycles. The van der Waals surface area contributed by atoms with Crippen LogP contribution in [0.4, 0.5) is 5.69 Å². The van der Waals surface area contributed by atoms with Crippen molar-refractivity contribution in [3.05, 3.63) is 123 Å². The summed E-state index contributed by atoms with van der Waals surface area (Å²) in [5.41, 5.74) is 5.52. The number of nitro groups is 1. The van der Waals surface area contributed by atoms with Crippen molar-refractivity contribution in [2.45, 2.75) is 26.2 Å². The molecule has 3 aromatic carbocycles. The van der Waals surface area contributed by atoms with Crippen molar-refractivity contribution in [1.82, 2.24) is 5.32 Å². The Morgan fingerprint density at radius 2 is 1.51 bits per heavy atom. The second kappa shape index (κ2) is 10.3. The molecule has 39 heavy (non-hydrogen) atoms. The SMILES string of the molecule is COc1ccc(C2=CC(c3ccc(OC)cc3)C3=C(CC(C)(C)/C(=C/c4ccc([N+](=O)[O-])cc4)C3=O)N2)cc1. The van der Waals surface area contributed by atoms with E-state index in [4.69, 9.17) is 9.47 Å². The summed E-state index contributed by atoms with van der Waals surface area (Å²) in [5, 5.41) is 14.7. The fourth-order valence-electron chi connectivity index (χ4n) is 5.25. The molecule has 0 fully saturated rings. The summed E-state index contributed by atoms with van der Waals surface area (Å²) in [4.78, 5) is 24.9. The molecule has 1 aliphatic heterocycles. The van der Waals surface area contributed by atoms with Gasteiger partial charge in [-0.05, 0) is 89.2 Å². The van der Waals surface area contributed by atoms with E-state index in [1.165, 1.54) is 12.1 Å². The Morgan fingerprint density at radius 3 is 2.08 bits per heavy atom. The van der Waals surface area contributed by atoms with Crippen LogP contribution >= 0.6 is 0 Å². The van der Waals surface area contributed by atoms with E-state index in [-0.39, 0.29) is 17.4 Å². The molecule has 3 aromatic rings. The van der Waals surface area contributed by atoms with Gasteiger partial charge in [0, 0.05) is 40.6 Å². The van der Waals surface area contributed by atoms with Crippen LogP contribution in [0.25, 0.3) is 11.8 Å². The van der Waals surface area contributed by atoms with E-state index in [0.29, 0.717) is 17.6 Å². The van der Waals surface area contributed by atoms with Crippen LogP contribution in [0.3, 0.4) is 0 Å². The Labute approximate surface area is 227 Å². The summed E-state index contributed by atoms with van der Waals surface area (Å²) >= 11 is 0. The third-order valence-corrected chi connectivity index (χ3v) is 7.38. The topological polar surface area (TPSA) is 90.7 Å². The van der Waals surface area contributed by atoms with Crippen molar-refractivity contribution >= 4 is 23.2 Å². The molecule has 1 N–H and O–H groups in total. The third kappa shape index (κ3) is 5.08. The zero-order valence-electron chi connectivity index (χ0n) is 22.4. The first-order valence-electron chi connectivity index (χ1n) is 12.7. The fourth-order valence-corrected chi connectivity index (χ4v) is 5.25. The minimum Gasteiger partial charge on any atom is -0.497 e. The van der Waals surface area contributed by atoms with Crippen molar-refractivity contribution in [3.8, 4) is 11.5 Å². The zero-order chi connectivity index (χ0) is 27.7. The van der Waals surface area contributed by atoms with E-state index >= 15 is 0 Å². The molecule has 0 aromatic heterocycles. The maximum Gasteiger partial charge on any atom is 0.269 e. The lowest BCUT2D eigenvalue weighted by Crippen LogP contribution is -2.37. The van der Waals surface area contributed by atoms with Crippen LogP contribution in [0, 0.1) is 15.5 Å². The maximum atomic E-state index is 14.2. The molecular weight excluding hydrogens is 492 g/mol. The maximum absolute atomic E-state index is 14.2. The number of hydrogen-bond donors (Lipinski definition) is 1. The molecule has 7 heteroatoms. The average Bonchev–Trinajstić information content (AvgIpc) is 2.94. The molecule has 0 saturated carbocycles. The highest BCUT2D eigenvalue weighted by atomic mass is 16.6. The molecule has 1 atom stereocenters. The predicted molar refractivity (Wildman–Crippen MR) is 151 cm³/mol. The lowest BCUT2D eigenvalue weighted by Gasteiger charge is -2.40. The molecule has 1 unspecified atom stereocenters. The summed E-state index contributed by atoms with van der Waals surface area (Å²) in [6.07, 6.45) is 4.60. The summed E-state index contributed by atoms with van der Waals surface area (Å²) in [6, 6.07) is 21.9. The van der Waals surface area contributed by atoms with Crippen molar-refractivity contribution in [2.75, 3.05) is 14.2 Å². The zero-order valence-corrected chi connectivity index (χ0v) is 22.4. The van der Waals surface area contributed by atoms with Crippen LogP contribution in [0.15, 0.2) is 95.7 Å². The minimum absolute atomic E-state index is 0.0172. The number of nitro benzene ring substituents is 1. The smallest absolute Gasteiger partial charge is 0.269 e. The van der Waals surface area contributed by atoms with Gasteiger partial charge < -0.3 is 14.8 Å². The van der Waals surface area contributed by atoms with Gasteiger partial charge in [-0.3, -0.25) is 14.9 Å². The van der Waals surface area contributed by atoms with Gasteiger partial charge in [-0.2, -0.15) is 0 Å². The number of Topliss-reactive ketones (excluding diaryl/α,β-unsaturated/α-hetero) is 1. The molecule has 7 nitrogen and oxygen atoms in total. The number of nitrogens with one attached hydrogen (secondary N) is 1. The molecule has 0 radical (unpaired) electrons. The second-order valence-electron chi connectivity index (χ2n) is 10.4. The number of hydrogen-bond acceptors (Lipinski definition) is 6. The number of non-ortho nitro benzene ring substituents is 1. The van der Waals surface area contributed by atoms with E-state index in [1.807, 2.05) is 54.6 Å². The largest absolute Gasteiger partial charge is 0.497 e. The molecule has 0 spiro atoms. The van der Waals surface area contributed by atoms with Gasteiger partial charge in [-0.15, -0.1) is 0 Å². The number of carbonyl (C=O) groups is 1. The lowest BCUT2D eigenvalue weighted by atomic mass is 9.67. The Morgan fingerprint density at radius 1 is 0.923 bits per heavy atom. The minimum atomic E-state index is -0.461. The quantitative estimate of drug-likeness (QED) is 0.221. The Kier molecular flexibility index (Phi) is 6.83. The van der Waals surface area contributed by atoms with Gasteiger partial charge in [0.05, 0.1) is 19.1 Å². The molecule has 1 heterocycles. The van der Waals surface area contributed by atoms with E-state index in [9.17, 15) is 14.9 Å². The normalized spacial score (nSPS) is 19.2. The van der Waals surface area contributed by atoms with Gasteiger partial charge in [0.15, 0.2) is 5.78 Å². The van der Waals surface area contributed by atoms with Gasteiger partial charge in [-0.25, -0.2) is 0 Å². The third-order valence-electron chi connectivity index (χ3n) is 7.38.